The molecule has 0 aromatic carbocycles. The normalized spacial score (nSPS) is 19.2. The van der Waals surface area contributed by atoms with Crippen LogP contribution < -0.4 is 68.9 Å². The van der Waals surface area contributed by atoms with E-state index in [0.717, 1.165) is 19.3 Å². The van der Waals surface area contributed by atoms with Crippen LogP contribution in [0.15, 0.2) is 0 Å². The largest absolute Gasteiger partial charge is 1.00 e. The van der Waals surface area contributed by atoms with Gasteiger partial charge in [0.25, 0.3) is 0 Å². The predicted octanol–water partition coefficient (Wildman–Crippen LogP) is -5.76. The van der Waals surface area contributed by atoms with Crippen molar-refractivity contribution in [1.82, 2.24) is 0 Å². The summed E-state index contributed by atoms with van der Waals surface area (Å²) in [6.45, 7) is 0. The fraction of sp³-hybridized carbons (Fsp3) is 1.00. The molecule has 6 heteroatoms. The SMILES string of the molecule is O=P([O-])([O-])C1CCCCC1.[Na+].[Na+]. The van der Waals surface area contributed by atoms with Gasteiger partial charge in [-0.2, -0.15) is 0 Å². The van der Waals surface area contributed by atoms with E-state index in [1.165, 1.54) is 0 Å². The molecule has 0 bridgehead atoms. The van der Waals surface area contributed by atoms with E-state index in [1.807, 2.05) is 0 Å². The first kappa shape index (κ1) is 16.6. The first-order valence-corrected chi connectivity index (χ1v) is 5.23. The van der Waals surface area contributed by atoms with Crippen LogP contribution in [0.1, 0.15) is 32.1 Å². The molecule has 1 saturated carbocycles. The van der Waals surface area contributed by atoms with Crippen molar-refractivity contribution in [3.8, 4) is 0 Å². The van der Waals surface area contributed by atoms with Crippen LogP contribution in [-0.4, -0.2) is 5.66 Å². The average molecular weight is 208 g/mol. The molecule has 12 heavy (non-hydrogen) atoms. The van der Waals surface area contributed by atoms with Crippen LogP contribution in [0.5, 0.6) is 0 Å². The van der Waals surface area contributed by atoms with Crippen molar-refractivity contribution >= 4 is 7.60 Å². The van der Waals surface area contributed by atoms with E-state index in [0.29, 0.717) is 12.8 Å². The maximum atomic E-state index is 10.5. The van der Waals surface area contributed by atoms with Crippen molar-refractivity contribution in [2.75, 3.05) is 0 Å². The topological polar surface area (TPSA) is 63.2 Å². The Hall–Kier alpha value is 2.15. The van der Waals surface area contributed by atoms with Gasteiger partial charge in [0.1, 0.15) is 0 Å². The minimum Gasteiger partial charge on any atom is -0.811 e. The Kier molecular flexibility index (Phi) is 10.3. The maximum Gasteiger partial charge on any atom is 1.00 e. The summed E-state index contributed by atoms with van der Waals surface area (Å²) in [4.78, 5) is 20.9. The molecule has 0 N–H and O–H groups in total. The van der Waals surface area contributed by atoms with Crippen molar-refractivity contribution in [3.05, 3.63) is 0 Å². The second kappa shape index (κ2) is 7.44. The number of rotatable bonds is 1. The summed E-state index contributed by atoms with van der Waals surface area (Å²) in [5.41, 5.74) is -0.554. The minimum absolute atomic E-state index is 0. The third-order valence-electron chi connectivity index (χ3n) is 2.02. The van der Waals surface area contributed by atoms with E-state index >= 15 is 0 Å². The minimum atomic E-state index is -4.24. The van der Waals surface area contributed by atoms with Crippen LogP contribution >= 0.6 is 7.60 Å². The van der Waals surface area contributed by atoms with Crippen molar-refractivity contribution in [1.29, 1.82) is 0 Å². The smallest absolute Gasteiger partial charge is 0.811 e. The Morgan fingerprint density at radius 1 is 1.00 bits per heavy atom. The van der Waals surface area contributed by atoms with Gasteiger partial charge >= 0.3 is 59.1 Å². The van der Waals surface area contributed by atoms with Crippen molar-refractivity contribution in [2.24, 2.45) is 0 Å². The summed E-state index contributed by atoms with van der Waals surface area (Å²) in [5, 5.41) is 0. The summed E-state index contributed by atoms with van der Waals surface area (Å²) < 4.78 is 10.5. The van der Waals surface area contributed by atoms with Gasteiger partial charge in [0, 0.05) is 0 Å². The molecule has 0 unspecified atom stereocenters. The Balaban J connectivity index is 0. The summed E-state index contributed by atoms with van der Waals surface area (Å²) in [7, 11) is -4.24. The Labute approximate surface area is 117 Å². The predicted molar refractivity (Wildman–Crippen MR) is 34.5 cm³/mol. The van der Waals surface area contributed by atoms with Crippen LogP contribution in [-0.2, 0) is 4.57 Å². The molecule has 0 aliphatic heterocycles. The quantitative estimate of drug-likeness (QED) is 0.318. The number of hydrogen-bond acceptors (Lipinski definition) is 3. The average Bonchev–Trinajstić information content (AvgIpc) is 1.88. The van der Waals surface area contributed by atoms with Gasteiger partial charge in [-0.05, 0) is 18.5 Å². The van der Waals surface area contributed by atoms with E-state index in [9.17, 15) is 14.4 Å². The zero-order valence-corrected chi connectivity index (χ0v) is 12.7. The third-order valence-corrected chi connectivity index (χ3v) is 3.43. The molecule has 1 fully saturated rings. The first-order valence-electron chi connectivity index (χ1n) is 3.62. The molecule has 0 heterocycles. The van der Waals surface area contributed by atoms with Crippen molar-refractivity contribution < 1.29 is 73.5 Å². The summed E-state index contributed by atoms with van der Waals surface area (Å²) in [5.74, 6) is 0. The van der Waals surface area contributed by atoms with E-state index in [4.69, 9.17) is 0 Å². The molecule has 1 aliphatic rings. The molecule has 1 rings (SSSR count). The Morgan fingerprint density at radius 2 is 1.42 bits per heavy atom. The zero-order chi connectivity index (χ0) is 7.61. The molecular formula is C6H11Na2O3P. The van der Waals surface area contributed by atoms with E-state index in [1.54, 1.807) is 0 Å². The molecule has 0 radical (unpaired) electrons. The molecule has 0 spiro atoms. The van der Waals surface area contributed by atoms with Crippen LogP contribution in [0.3, 0.4) is 0 Å². The molecular weight excluding hydrogens is 197 g/mol. The standard InChI is InChI=1S/C6H13O3P.2Na/c7-10(8,9)6-4-2-1-3-5-6;;/h6H,1-5H2,(H2,7,8,9);;/q;2*+1/p-2. The molecule has 60 valence electrons. The van der Waals surface area contributed by atoms with Gasteiger partial charge < -0.3 is 14.4 Å². The van der Waals surface area contributed by atoms with Crippen molar-refractivity contribution in [3.63, 3.8) is 0 Å². The van der Waals surface area contributed by atoms with Crippen LogP contribution in [0, 0.1) is 0 Å². The van der Waals surface area contributed by atoms with Crippen LogP contribution in [0.4, 0.5) is 0 Å². The van der Waals surface area contributed by atoms with E-state index in [2.05, 4.69) is 0 Å². The second-order valence-corrected chi connectivity index (χ2v) is 4.64. The summed E-state index contributed by atoms with van der Waals surface area (Å²) in [6.07, 6.45) is 4.06. The Bertz CT molecular complexity index is 153. The van der Waals surface area contributed by atoms with E-state index in [-0.39, 0.29) is 59.1 Å². The molecule has 0 aromatic rings. The van der Waals surface area contributed by atoms with Gasteiger partial charge in [-0.15, -0.1) is 0 Å². The third kappa shape index (κ3) is 5.79. The first-order chi connectivity index (χ1) is 4.61. The Morgan fingerprint density at radius 3 is 1.67 bits per heavy atom. The van der Waals surface area contributed by atoms with Gasteiger partial charge in [-0.25, -0.2) is 0 Å². The maximum absolute atomic E-state index is 10.5. The molecule has 0 amide bonds. The number of hydrogen-bond donors (Lipinski definition) is 0. The van der Waals surface area contributed by atoms with Crippen molar-refractivity contribution in [2.45, 2.75) is 37.8 Å². The fourth-order valence-electron chi connectivity index (χ4n) is 1.40. The van der Waals surface area contributed by atoms with Gasteiger partial charge in [0.05, 0.1) is 0 Å². The second-order valence-electron chi connectivity index (χ2n) is 2.83. The van der Waals surface area contributed by atoms with Gasteiger partial charge in [-0.3, -0.25) is 0 Å². The van der Waals surface area contributed by atoms with Gasteiger partial charge in [-0.1, -0.05) is 26.9 Å². The van der Waals surface area contributed by atoms with Crippen LogP contribution in [0.2, 0.25) is 0 Å². The molecule has 0 aromatic heterocycles. The molecule has 0 saturated heterocycles. The molecule has 1 aliphatic carbocycles. The molecule has 0 atom stereocenters. The fourth-order valence-corrected chi connectivity index (χ4v) is 2.39. The monoisotopic (exact) mass is 208 g/mol. The summed E-state index contributed by atoms with van der Waals surface area (Å²) in [6, 6.07) is 0. The zero-order valence-electron chi connectivity index (χ0n) is 7.78. The van der Waals surface area contributed by atoms with Gasteiger partial charge in [0.15, 0.2) is 0 Å². The molecule has 3 nitrogen and oxygen atoms in total. The van der Waals surface area contributed by atoms with Gasteiger partial charge in [0.2, 0.25) is 0 Å². The van der Waals surface area contributed by atoms with E-state index < -0.39 is 13.3 Å². The van der Waals surface area contributed by atoms with Crippen LogP contribution in [0.25, 0.3) is 0 Å². The summed E-state index contributed by atoms with van der Waals surface area (Å²) >= 11 is 0.